The maximum Gasteiger partial charge on any atom is 0.265 e. The first-order valence-corrected chi connectivity index (χ1v) is 9.70. The summed E-state index contributed by atoms with van der Waals surface area (Å²) in [5, 5.41) is 5.56. The van der Waals surface area contributed by atoms with Crippen LogP contribution in [-0.2, 0) is 11.2 Å². The zero-order valence-electron chi connectivity index (χ0n) is 14.1. The van der Waals surface area contributed by atoms with Gasteiger partial charge in [-0.05, 0) is 35.9 Å². The van der Waals surface area contributed by atoms with Gasteiger partial charge in [-0.2, -0.15) is 0 Å². The number of rotatable bonds is 3. The maximum atomic E-state index is 12.5. The lowest BCUT2D eigenvalue weighted by Gasteiger charge is -2.11. The van der Waals surface area contributed by atoms with E-state index in [-0.39, 0.29) is 5.91 Å². The second kappa shape index (κ2) is 6.40. The van der Waals surface area contributed by atoms with E-state index in [0.29, 0.717) is 11.4 Å². The standard InChI is InChI=1S/C20H14ClN3O2S/c21-14-3-6-17-13(9-14)10-18(26-17)19(25)22-15-4-1-12(2-5-15)16-11-24-7-8-27-20(24)23-16/h1-9,11,18H,10H2,(H,22,25). The van der Waals surface area contributed by atoms with Crippen LogP contribution in [-0.4, -0.2) is 21.4 Å². The van der Waals surface area contributed by atoms with Gasteiger partial charge in [0.1, 0.15) is 5.75 Å². The summed E-state index contributed by atoms with van der Waals surface area (Å²) in [6.07, 6.45) is 3.95. The number of halogens is 1. The lowest BCUT2D eigenvalue weighted by atomic mass is 10.1. The van der Waals surface area contributed by atoms with E-state index in [9.17, 15) is 4.79 Å². The topological polar surface area (TPSA) is 55.6 Å². The average molecular weight is 396 g/mol. The van der Waals surface area contributed by atoms with Crippen LogP contribution in [0.25, 0.3) is 16.2 Å². The molecule has 0 saturated heterocycles. The van der Waals surface area contributed by atoms with Crippen molar-refractivity contribution in [3.8, 4) is 17.0 Å². The number of nitrogens with zero attached hydrogens (tertiary/aromatic N) is 2. The Morgan fingerprint density at radius 2 is 2.11 bits per heavy atom. The molecule has 134 valence electrons. The largest absolute Gasteiger partial charge is 0.480 e. The monoisotopic (exact) mass is 395 g/mol. The smallest absolute Gasteiger partial charge is 0.265 e. The third-order valence-corrected chi connectivity index (χ3v) is 5.54. The van der Waals surface area contributed by atoms with Crippen molar-refractivity contribution in [2.24, 2.45) is 0 Å². The predicted molar refractivity (Wildman–Crippen MR) is 107 cm³/mol. The zero-order valence-corrected chi connectivity index (χ0v) is 15.6. The van der Waals surface area contributed by atoms with Gasteiger partial charge in [0, 0.05) is 40.5 Å². The van der Waals surface area contributed by atoms with E-state index in [4.69, 9.17) is 16.3 Å². The highest BCUT2D eigenvalue weighted by molar-refractivity contribution is 7.15. The maximum absolute atomic E-state index is 12.5. The van der Waals surface area contributed by atoms with Crippen LogP contribution in [0.2, 0.25) is 5.02 Å². The van der Waals surface area contributed by atoms with E-state index < -0.39 is 6.10 Å². The number of imidazole rings is 1. The summed E-state index contributed by atoms with van der Waals surface area (Å²) in [4.78, 5) is 18.1. The van der Waals surface area contributed by atoms with Crippen LogP contribution in [0.4, 0.5) is 5.69 Å². The molecule has 1 N–H and O–H groups in total. The molecule has 0 saturated carbocycles. The van der Waals surface area contributed by atoms with Gasteiger partial charge in [-0.15, -0.1) is 11.3 Å². The number of benzene rings is 2. The minimum absolute atomic E-state index is 0.169. The molecular weight excluding hydrogens is 382 g/mol. The van der Waals surface area contributed by atoms with E-state index in [2.05, 4.69) is 10.3 Å². The van der Waals surface area contributed by atoms with Gasteiger partial charge < -0.3 is 10.1 Å². The quantitative estimate of drug-likeness (QED) is 0.549. The van der Waals surface area contributed by atoms with Gasteiger partial charge in [0.2, 0.25) is 0 Å². The summed E-state index contributed by atoms with van der Waals surface area (Å²) in [6, 6.07) is 13.1. The van der Waals surface area contributed by atoms with Crippen molar-refractivity contribution < 1.29 is 9.53 Å². The van der Waals surface area contributed by atoms with Crippen LogP contribution in [0.1, 0.15) is 5.56 Å². The first-order valence-electron chi connectivity index (χ1n) is 8.44. The molecule has 1 aliphatic heterocycles. The molecule has 0 spiro atoms. The number of nitrogens with one attached hydrogen (secondary N) is 1. The minimum Gasteiger partial charge on any atom is -0.480 e. The highest BCUT2D eigenvalue weighted by Crippen LogP contribution is 2.31. The number of fused-ring (bicyclic) bond motifs is 2. The van der Waals surface area contributed by atoms with E-state index in [1.54, 1.807) is 23.5 Å². The number of thiazole rings is 1. The van der Waals surface area contributed by atoms with E-state index >= 15 is 0 Å². The van der Waals surface area contributed by atoms with Crippen molar-refractivity contribution in [3.63, 3.8) is 0 Å². The molecule has 4 aromatic rings. The second-order valence-corrected chi connectivity index (χ2v) is 7.66. The Morgan fingerprint density at radius 1 is 1.26 bits per heavy atom. The molecule has 1 atom stereocenters. The molecule has 2 aromatic heterocycles. The molecule has 3 heterocycles. The zero-order chi connectivity index (χ0) is 18.4. The number of anilines is 1. The summed E-state index contributed by atoms with van der Waals surface area (Å²) >= 11 is 7.60. The summed E-state index contributed by atoms with van der Waals surface area (Å²) in [6.45, 7) is 0. The molecule has 0 radical (unpaired) electrons. The number of aromatic nitrogens is 2. The number of ether oxygens (including phenoxy) is 1. The Hall–Kier alpha value is -2.83. The van der Waals surface area contributed by atoms with E-state index in [1.807, 2.05) is 52.5 Å². The normalized spacial score (nSPS) is 15.5. The Bertz CT molecular complexity index is 1120. The molecule has 0 aliphatic carbocycles. The molecule has 2 aromatic carbocycles. The second-order valence-electron chi connectivity index (χ2n) is 6.35. The average Bonchev–Trinajstić information content (AvgIpc) is 3.36. The van der Waals surface area contributed by atoms with Crippen molar-refractivity contribution in [2.75, 3.05) is 5.32 Å². The van der Waals surface area contributed by atoms with Crippen LogP contribution in [0.15, 0.2) is 60.2 Å². The molecule has 1 aliphatic rings. The Kier molecular flexibility index (Phi) is 3.88. The fourth-order valence-electron chi connectivity index (χ4n) is 3.18. The molecule has 7 heteroatoms. The highest BCUT2D eigenvalue weighted by atomic mass is 35.5. The SMILES string of the molecule is O=C(Nc1ccc(-c2cn3ccsc3n2)cc1)C1Cc2cc(Cl)ccc2O1. The van der Waals surface area contributed by atoms with Crippen molar-refractivity contribution in [1.29, 1.82) is 0 Å². The molecular formula is C20H14ClN3O2S. The van der Waals surface area contributed by atoms with Crippen molar-refractivity contribution in [3.05, 3.63) is 70.8 Å². The highest BCUT2D eigenvalue weighted by Gasteiger charge is 2.29. The Balaban J connectivity index is 1.28. The van der Waals surface area contributed by atoms with Gasteiger partial charge >= 0.3 is 0 Å². The van der Waals surface area contributed by atoms with Gasteiger partial charge in [0.05, 0.1) is 5.69 Å². The lowest BCUT2D eigenvalue weighted by molar-refractivity contribution is -0.122. The summed E-state index contributed by atoms with van der Waals surface area (Å²) in [5.74, 6) is 0.548. The molecule has 5 rings (SSSR count). The minimum atomic E-state index is -0.543. The summed E-state index contributed by atoms with van der Waals surface area (Å²) in [7, 11) is 0. The molecule has 0 bridgehead atoms. The van der Waals surface area contributed by atoms with Crippen molar-refractivity contribution in [1.82, 2.24) is 9.38 Å². The number of amides is 1. The van der Waals surface area contributed by atoms with Gasteiger partial charge in [-0.25, -0.2) is 4.98 Å². The van der Waals surface area contributed by atoms with E-state index in [1.165, 1.54) is 0 Å². The lowest BCUT2D eigenvalue weighted by Crippen LogP contribution is -2.31. The van der Waals surface area contributed by atoms with Gasteiger partial charge in [-0.3, -0.25) is 9.20 Å². The number of carbonyl (C=O) groups excluding carboxylic acids is 1. The number of hydrogen-bond donors (Lipinski definition) is 1. The predicted octanol–water partition coefficient (Wildman–Crippen LogP) is 4.66. The summed E-state index contributed by atoms with van der Waals surface area (Å²) in [5.41, 5.74) is 3.59. The fraction of sp³-hybridized carbons (Fsp3) is 0.100. The molecule has 5 nitrogen and oxygen atoms in total. The number of carbonyl (C=O) groups is 1. The third-order valence-electron chi connectivity index (χ3n) is 4.53. The Morgan fingerprint density at radius 3 is 2.93 bits per heavy atom. The van der Waals surface area contributed by atoms with Crippen molar-refractivity contribution >= 4 is 39.5 Å². The fourth-order valence-corrected chi connectivity index (χ4v) is 4.07. The number of hydrogen-bond acceptors (Lipinski definition) is 4. The molecule has 1 amide bonds. The van der Waals surface area contributed by atoms with Crippen LogP contribution in [0.5, 0.6) is 5.75 Å². The first kappa shape index (κ1) is 16.4. The molecule has 1 unspecified atom stereocenters. The van der Waals surface area contributed by atoms with Gasteiger partial charge in [0.25, 0.3) is 5.91 Å². The van der Waals surface area contributed by atoms with Crippen LogP contribution < -0.4 is 10.1 Å². The molecule has 0 fully saturated rings. The van der Waals surface area contributed by atoms with Crippen LogP contribution in [0.3, 0.4) is 0 Å². The summed E-state index contributed by atoms with van der Waals surface area (Å²) < 4.78 is 7.73. The Labute approximate surface area is 164 Å². The third kappa shape index (κ3) is 3.07. The van der Waals surface area contributed by atoms with Crippen LogP contribution in [0, 0.1) is 0 Å². The van der Waals surface area contributed by atoms with Gasteiger partial charge in [0.15, 0.2) is 11.1 Å². The van der Waals surface area contributed by atoms with Gasteiger partial charge in [-0.1, -0.05) is 23.7 Å². The van der Waals surface area contributed by atoms with Crippen LogP contribution >= 0.6 is 22.9 Å². The first-order chi connectivity index (χ1) is 13.2. The van der Waals surface area contributed by atoms with E-state index in [0.717, 1.165) is 33.2 Å². The molecule has 27 heavy (non-hydrogen) atoms. The van der Waals surface area contributed by atoms with Crippen molar-refractivity contribution in [2.45, 2.75) is 12.5 Å².